The Morgan fingerprint density at radius 3 is 2.48 bits per heavy atom. The Hall–Kier alpha value is -3.21. The van der Waals surface area contributed by atoms with Crippen molar-refractivity contribution in [3.05, 3.63) is 83.9 Å². The van der Waals surface area contributed by atoms with E-state index in [1.807, 2.05) is 36.4 Å². The Labute approximate surface area is 146 Å². The highest BCUT2D eigenvalue weighted by Gasteiger charge is 2.05. The van der Waals surface area contributed by atoms with Crippen LogP contribution in [-0.2, 0) is 17.8 Å². The van der Waals surface area contributed by atoms with Crippen molar-refractivity contribution in [2.24, 2.45) is 0 Å². The van der Waals surface area contributed by atoms with Gasteiger partial charge in [-0.05, 0) is 53.9 Å². The van der Waals surface area contributed by atoms with Crippen molar-refractivity contribution < 1.29 is 9.59 Å². The zero-order chi connectivity index (χ0) is 17.5. The number of benzene rings is 1. The Morgan fingerprint density at radius 2 is 1.76 bits per heavy atom. The summed E-state index contributed by atoms with van der Waals surface area (Å²) in [6.07, 6.45) is 7.30. The van der Waals surface area contributed by atoms with E-state index < -0.39 is 0 Å². The van der Waals surface area contributed by atoms with Gasteiger partial charge in [-0.2, -0.15) is 0 Å². The Morgan fingerprint density at radius 1 is 1.04 bits per heavy atom. The molecule has 1 aromatic carbocycles. The SMILES string of the molecule is O=Cc1cccn1CCC(=O)Nc1ccc(Cc2ccncc2)cc1. The highest BCUT2D eigenvalue weighted by molar-refractivity contribution is 5.90. The number of hydrogen-bond acceptors (Lipinski definition) is 3. The van der Waals surface area contributed by atoms with Gasteiger partial charge in [0.05, 0.1) is 5.69 Å². The molecule has 0 bridgehead atoms. The van der Waals surface area contributed by atoms with E-state index in [0.717, 1.165) is 18.4 Å². The largest absolute Gasteiger partial charge is 0.345 e. The maximum Gasteiger partial charge on any atom is 0.226 e. The molecule has 0 unspecified atom stereocenters. The van der Waals surface area contributed by atoms with Gasteiger partial charge in [0, 0.05) is 37.2 Å². The summed E-state index contributed by atoms with van der Waals surface area (Å²) < 4.78 is 1.77. The first-order valence-corrected chi connectivity index (χ1v) is 8.12. The number of aldehydes is 1. The topological polar surface area (TPSA) is 64.0 Å². The Balaban J connectivity index is 1.52. The first-order chi connectivity index (χ1) is 12.2. The summed E-state index contributed by atoms with van der Waals surface area (Å²) in [5.74, 6) is -0.0765. The van der Waals surface area contributed by atoms with Crippen molar-refractivity contribution in [2.45, 2.75) is 19.4 Å². The average Bonchev–Trinajstić information content (AvgIpc) is 3.10. The number of carbonyl (C=O) groups is 2. The van der Waals surface area contributed by atoms with Crippen LogP contribution in [0.15, 0.2) is 67.1 Å². The number of pyridine rings is 1. The number of amides is 1. The van der Waals surface area contributed by atoms with Crippen molar-refractivity contribution >= 4 is 17.9 Å². The van der Waals surface area contributed by atoms with Crippen molar-refractivity contribution in [3.63, 3.8) is 0 Å². The molecule has 5 heteroatoms. The van der Waals surface area contributed by atoms with Crippen LogP contribution in [0.3, 0.4) is 0 Å². The second-order valence-electron chi connectivity index (χ2n) is 5.77. The van der Waals surface area contributed by atoms with Crippen molar-refractivity contribution in [2.75, 3.05) is 5.32 Å². The minimum atomic E-state index is -0.0765. The van der Waals surface area contributed by atoms with Crippen LogP contribution < -0.4 is 5.32 Å². The number of nitrogens with zero attached hydrogens (tertiary/aromatic N) is 2. The molecule has 3 aromatic rings. The molecule has 1 N–H and O–H groups in total. The van der Waals surface area contributed by atoms with Crippen LogP contribution in [-0.4, -0.2) is 21.7 Å². The van der Waals surface area contributed by atoms with E-state index in [2.05, 4.69) is 10.3 Å². The fraction of sp³-hybridized carbons (Fsp3) is 0.150. The molecule has 25 heavy (non-hydrogen) atoms. The van der Waals surface area contributed by atoms with E-state index in [0.29, 0.717) is 18.7 Å². The van der Waals surface area contributed by atoms with E-state index in [1.54, 1.807) is 35.3 Å². The molecule has 0 aliphatic heterocycles. The van der Waals surface area contributed by atoms with Crippen LogP contribution in [0.5, 0.6) is 0 Å². The van der Waals surface area contributed by atoms with Gasteiger partial charge in [0.15, 0.2) is 6.29 Å². The molecule has 126 valence electrons. The standard InChI is InChI=1S/C20H19N3O2/c24-15-19-2-1-12-23(19)13-9-20(25)22-18-5-3-16(4-6-18)14-17-7-10-21-11-8-17/h1-8,10-12,15H,9,13-14H2,(H,22,25). The highest BCUT2D eigenvalue weighted by Crippen LogP contribution is 2.13. The fourth-order valence-corrected chi connectivity index (χ4v) is 2.63. The average molecular weight is 333 g/mol. The van der Waals surface area contributed by atoms with Gasteiger partial charge < -0.3 is 9.88 Å². The van der Waals surface area contributed by atoms with Gasteiger partial charge in [0.1, 0.15) is 0 Å². The number of rotatable bonds is 7. The molecule has 0 fully saturated rings. The molecular formula is C20H19N3O2. The smallest absolute Gasteiger partial charge is 0.226 e. The van der Waals surface area contributed by atoms with Crippen LogP contribution in [0.2, 0.25) is 0 Å². The quantitative estimate of drug-likeness (QED) is 0.675. The van der Waals surface area contributed by atoms with Crippen molar-refractivity contribution in [1.29, 1.82) is 0 Å². The molecule has 2 heterocycles. The van der Waals surface area contributed by atoms with Gasteiger partial charge in [-0.3, -0.25) is 14.6 Å². The first-order valence-electron chi connectivity index (χ1n) is 8.12. The minimum absolute atomic E-state index is 0.0765. The zero-order valence-corrected chi connectivity index (χ0v) is 13.8. The zero-order valence-electron chi connectivity index (χ0n) is 13.8. The summed E-state index contributed by atoms with van der Waals surface area (Å²) in [5.41, 5.74) is 3.72. The van der Waals surface area contributed by atoms with Gasteiger partial charge >= 0.3 is 0 Å². The van der Waals surface area contributed by atoms with Crippen LogP contribution >= 0.6 is 0 Å². The summed E-state index contributed by atoms with van der Waals surface area (Å²) >= 11 is 0. The van der Waals surface area contributed by atoms with Gasteiger partial charge in [0.2, 0.25) is 5.91 Å². The second-order valence-corrected chi connectivity index (χ2v) is 5.77. The lowest BCUT2D eigenvalue weighted by molar-refractivity contribution is -0.116. The van der Waals surface area contributed by atoms with Gasteiger partial charge in [0.25, 0.3) is 0 Å². The molecule has 5 nitrogen and oxygen atoms in total. The molecule has 2 aromatic heterocycles. The predicted octanol–water partition coefficient (Wildman–Crippen LogP) is 3.32. The first kappa shape index (κ1) is 16.6. The molecule has 0 saturated heterocycles. The van der Waals surface area contributed by atoms with E-state index in [-0.39, 0.29) is 5.91 Å². The lowest BCUT2D eigenvalue weighted by atomic mass is 10.1. The summed E-state index contributed by atoms with van der Waals surface area (Å²) in [4.78, 5) is 26.9. The number of aryl methyl sites for hydroxylation is 1. The molecule has 0 radical (unpaired) electrons. The van der Waals surface area contributed by atoms with Gasteiger partial charge in [-0.1, -0.05) is 12.1 Å². The third-order valence-electron chi connectivity index (χ3n) is 3.96. The number of hydrogen-bond donors (Lipinski definition) is 1. The number of anilines is 1. The van der Waals surface area contributed by atoms with Crippen molar-refractivity contribution in [1.82, 2.24) is 9.55 Å². The molecule has 0 atom stereocenters. The molecule has 1 amide bonds. The molecule has 3 rings (SSSR count). The molecule has 0 aliphatic rings. The van der Waals surface area contributed by atoms with Gasteiger partial charge in [-0.15, -0.1) is 0 Å². The van der Waals surface area contributed by atoms with E-state index >= 15 is 0 Å². The number of aromatic nitrogens is 2. The van der Waals surface area contributed by atoms with Crippen LogP contribution in [0.25, 0.3) is 0 Å². The van der Waals surface area contributed by atoms with Gasteiger partial charge in [-0.25, -0.2) is 0 Å². The van der Waals surface area contributed by atoms with Crippen molar-refractivity contribution in [3.8, 4) is 0 Å². The summed E-state index contributed by atoms with van der Waals surface area (Å²) in [6.45, 7) is 0.479. The monoisotopic (exact) mass is 333 g/mol. The third-order valence-corrected chi connectivity index (χ3v) is 3.96. The highest BCUT2D eigenvalue weighted by atomic mass is 16.1. The van der Waals surface area contributed by atoms with Crippen LogP contribution in [0, 0.1) is 0 Å². The van der Waals surface area contributed by atoms with E-state index in [4.69, 9.17) is 0 Å². The minimum Gasteiger partial charge on any atom is -0.345 e. The molecule has 0 spiro atoms. The van der Waals surface area contributed by atoms with E-state index in [9.17, 15) is 9.59 Å². The predicted molar refractivity (Wildman–Crippen MR) is 96.6 cm³/mol. The Bertz CT molecular complexity index is 839. The van der Waals surface area contributed by atoms with Crippen LogP contribution in [0.4, 0.5) is 5.69 Å². The number of carbonyl (C=O) groups excluding carboxylic acids is 2. The van der Waals surface area contributed by atoms with E-state index in [1.165, 1.54) is 11.1 Å². The number of nitrogens with one attached hydrogen (secondary N) is 1. The molecule has 0 saturated carbocycles. The molecular weight excluding hydrogens is 314 g/mol. The fourth-order valence-electron chi connectivity index (χ4n) is 2.63. The lowest BCUT2D eigenvalue weighted by Gasteiger charge is -2.08. The summed E-state index contributed by atoms with van der Waals surface area (Å²) in [7, 11) is 0. The lowest BCUT2D eigenvalue weighted by Crippen LogP contribution is -2.15. The van der Waals surface area contributed by atoms with Crippen LogP contribution in [0.1, 0.15) is 28.0 Å². The maximum absolute atomic E-state index is 12.1. The normalized spacial score (nSPS) is 10.4. The maximum atomic E-state index is 12.1. The molecule has 0 aliphatic carbocycles. The Kier molecular flexibility index (Phi) is 5.36. The summed E-state index contributed by atoms with van der Waals surface area (Å²) in [6, 6.07) is 15.3. The summed E-state index contributed by atoms with van der Waals surface area (Å²) in [5, 5.41) is 2.88. The third kappa shape index (κ3) is 4.64. The second kappa shape index (κ2) is 8.06.